The molecule has 0 radical (unpaired) electrons. The van der Waals surface area contributed by atoms with Crippen molar-refractivity contribution in [2.45, 2.75) is 26.8 Å². The number of aryl methyl sites for hydroxylation is 2. The van der Waals surface area contributed by atoms with E-state index in [9.17, 15) is 14.9 Å². The molecule has 0 unspecified atom stereocenters. The van der Waals surface area contributed by atoms with Gasteiger partial charge in [0.1, 0.15) is 11.6 Å². The molecule has 0 saturated carbocycles. The van der Waals surface area contributed by atoms with E-state index in [4.69, 9.17) is 9.84 Å². The third-order valence-corrected chi connectivity index (χ3v) is 3.59. The quantitative estimate of drug-likeness (QED) is 0.466. The molecule has 26 heavy (non-hydrogen) atoms. The zero-order valence-electron chi connectivity index (χ0n) is 14.6. The smallest absolute Gasteiger partial charge is 0.348 e. The number of aliphatic carboxylic acids is 1. The normalized spacial score (nSPS) is 11.0. The fourth-order valence-electron chi connectivity index (χ4n) is 2.30. The molecule has 0 aliphatic carbocycles. The lowest BCUT2D eigenvalue weighted by atomic mass is 10.0. The van der Waals surface area contributed by atoms with Crippen molar-refractivity contribution in [2.75, 3.05) is 6.61 Å². The number of carbonyl (C=O) groups excluding carboxylic acids is 1. The second-order valence-corrected chi connectivity index (χ2v) is 5.60. The molecule has 1 N–H and O–H groups in total. The minimum atomic E-state index is -0.932. The van der Waals surface area contributed by atoms with Gasteiger partial charge in [0.15, 0.2) is 0 Å². The number of carbonyl (C=O) groups is 2. The molecule has 134 valence electrons. The Morgan fingerprint density at radius 3 is 2.62 bits per heavy atom. The van der Waals surface area contributed by atoms with Crippen LogP contribution in [0.15, 0.2) is 36.0 Å². The molecule has 0 fully saturated rings. The molecule has 1 aromatic carbocycles. The lowest BCUT2D eigenvalue weighted by molar-refractivity contribution is -0.138. The van der Waals surface area contributed by atoms with E-state index >= 15 is 0 Å². The fraction of sp³-hybridized carbons (Fsp3) is 0.263. The van der Waals surface area contributed by atoms with Gasteiger partial charge in [-0.15, -0.1) is 0 Å². The third-order valence-electron chi connectivity index (χ3n) is 3.59. The predicted molar refractivity (Wildman–Crippen MR) is 94.9 cm³/mol. The first-order chi connectivity index (χ1) is 12.4. The van der Waals surface area contributed by atoms with Gasteiger partial charge < -0.3 is 9.84 Å². The molecule has 2 rings (SSSR count). The standard InChI is InChI=1S/C19H19N3O4/c1-3-26-19(25)15(11-20)10-16-12-22(9-8-17(23)24)21-18(16)14-6-4-13(2)5-7-14/h4-7,10,12H,3,8-9H2,1-2H3,(H,23,24). The Labute approximate surface area is 151 Å². The molecular weight excluding hydrogens is 334 g/mol. The van der Waals surface area contributed by atoms with Gasteiger partial charge in [-0.1, -0.05) is 29.8 Å². The number of ether oxygens (including phenoxy) is 1. The van der Waals surface area contributed by atoms with Crippen LogP contribution in [0.4, 0.5) is 0 Å². The lowest BCUT2D eigenvalue weighted by Crippen LogP contribution is -2.06. The van der Waals surface area contributed by atoms with E-state index in [1.165, 1.54) is 10.8 Å². The number of rotatable bonds is 7. The number of hydrogen-bond donors (Lipinski definition) is 1. The number of aromatic nitrogens is 2. The molecule has 7 nitrogen and oxygen atoms in total. The van der Waals surface area contributed by atoms with E-state index in [2.05, 4.69) is 5.10 Å². The first-order valence-corrected chi connectivity index (χ1v) is 8.09. The second kappa shape index (κ2) is 8.62. The van der Waals surface area contributed by atoms with Crippen LogP contribution in [0.5, 0.6) is 0 Å². The van der Waals surface area contributed by atoms with Crippen molar-refractivity contribution in [3.63, 3.8) is 0 Å². The molecule has 1 aromatic heterocycles. The number of carboxylic acid groups (broad SMARTS) is 1. The topological polar surface area (TPSA) is 105 Å². The summed E-state index contributed by atoms with van der Waals surface area (Å²) in [6.07, 6.45) is 2.95. The van der Waals surface area contributed by atoms with Crippen LogP contribution in [0, 0.1) is 18.3 Å². The van der Waals surface area contributed by atoms with Gasteiger partial charge in [-0.25, -0.2) is 4.79 Å². The van der Waals surface area contributed by atoms with Gasteiger partial charge in [0.25, 0.3) is 0 Å². The van der Waals surface area contributed by atoms with E-state index < -0.39 is 11.9 Å². The highest BCUT2D eigenvalue weighted by atomic mass is 16.5. The van der Waals surface area contributed by atoms with Gasteiger partial charge in [0.2, 0.25) is 0 Å². The largest absolute Gasteiger partial charge is 0.481 e. The van der Waals surface area contributed by atoms with Crippen molar-refractivity contribution < 1.29 is 19.4 Å². The van der Waals surface area contributed by atoms with E-state index in [-0.39, 0.29) is 25.1 Å². The second-order valence-electron chi connectivity index (χ2n) is 5.60. The Kier molecular flexibility index (Phi) is 6.28. The number of nitriles is 1. The van der Waals surface area contributed by atoms with Crippen LogP contribution in [0.1, 0.15) is 24.5 Å². The van der Waals surface area contributed by atoms with Gasteiger partial charge >= 0.3 is 11.9 Å². The van der Waals surface area contributed by atoms with Crippen molar-refractivity contribution in [1.82, 2.24) is 9.78 Å². The van der Waals surface area contributed by atoms with Crippen molar-refractivity contribution in [2.24, 2.45) is 0 Å². The van der Waals surface area contributed by atoms with Crippen LogP contribution >= 0.6 is 0 Å². The summed E-state index contributed by atoms with van der Waals surface area (Å²) in [4.78, 5) is 22.7. The highest BCUT2D eigenvalue weighted by molar-refractivity contribution is 5.98. The summed E-state index contributed by atoms with van der Waals surface area (Å²) in [5.74, 6) is -1.64. The predicted octanol–water partition coefficient (Wildman–Crippen LogP) is 2.80. The maximum absolute atomic E-state index is 11.9. The summed E-state index contributed by atoms with van der Waals surface area (Å²) in [5, 5.41) is 22.5. The van der Waals surface area contributed by atoms with Crippen LogP contribution in [0.3, 0.4) is 0 Å². The van der Waals surface area contributed by atoms with Gasteiger partial charge in [-0.05, 0) is 19.9 Å². The Morgan fingerprint density at radius 1 is 1.35 bits per heavy atom. The molecule has 0 bridgehead atoms. The molecule has 0 saturated heterocycles. The lowest BCUT2D eigenvalue weighted by Gasteiger charge is -2.02. The van der Waals surface area contributed by atoms with Crippen LogP contribution in [0.25, 0.3) is 17.3 Å². The SMILES string of the molecule is CCOC(=O)C(C#N)=Cc1cn(CCC(=O)O)nc1-c1ccc(C)cc1. The zero-order chi connectivity index (χ0) is 19.1. The summed E-state index contributed by atoms with van der Waals surface area (Å²) in [7, 11) is 0. The number of carboxylic acids is 1. The van der Waals surface area contributed by atoms with E-state index in [0.717, 1.165) is 11.1 Å². The van der Waals surface area contributed by atoms with Gasteiger partial charge in [-0.2, -0.15) is 10.4 Å². The minimum absolute atomic E-state index is 0.0822. The Bertz CT molecular complexity index is 873. The summed E-state index contributed by atoms with van der Waals surface area (Å²) in [6, 6.07) is 9.45. The monoisotopic (exact) mass is 353 g/mol. The zero-order valence-corrected chi connectivity index (χ0v) is 14.6. The Balaban J connectivity index is 2.47. The van der Waals surface area contributed by atoms with E-state index in [1.807, 2.05) is 37.3 Å². The molecule has 0 spiro atoms. The first-order valence-electron chi connectivity index (χ1n) is 8.09. The summed E-state index contributed by atoms with van der Waals surface area (Å²) in [5.41, 5.74) is 2.85. The third kappa shape index (κ3) is 4.80. The Morgan fingerprint density at radius 2 is 2.04 bits per heavy atom. The molecule has 0 atom stereocenters. The van der Waals surface area contributed by atoms with Crippen molar-refractivity contribution >= 4 is 18.0 Å². The average Bonchev–Trinajstić information content (AvgIpc) is 3.01. The van der Waals surface area contributed by atoms with Crippen molar-refractivity contribution in [3.8, 4) is 17.3 Å². The average molecular weight is 353 g/mol. The van der Waals surface area contributed by atoms with Crippen LogP contribution in [-0.2, 0) is 20.9 Å². The molecule has 0 amide bonds. The molecule has 1 heterocycles. The van der Waals surface area contributed by atoms with Gasteiger partial charge in [-0.3, -0.25) is 9.48 Å². The van der Waals surface area contributed by atoms with Gasteiger partial charge in [0, 0.05) is 17.3 Å². The summed E-state index contributed by atoms with van der Waals surface area (Å²) in [6.45, 7) is 3.98. The highest BCUT2D eigenvalue weighted by Crippen LogP contribution is 2.25. The van der Waals surface area contributed by atoms with E-state index in [0.29, 0.717) is 11.3 Å². The maximum Gasteiger partial charge on any atom is 0.348 e. The van der Waals surface area contributed by atoms with Gasteiger partial charge in [0.05, 0.1) is 25.3 Å². The number of esters is 1. The van der Waals surface area contributed by atoms with Crippen LogP contribution < -0.4 is 0 Å². The van der Waals surface area contributed by atoms with Crippen molar-refractivity contribution in [1.29, 1.82) is 5.26 Å². The number of hydrogen-bond acceptors (Lipinski definition) is 5. The molecule has 0 aliphatic rings. The minimum Gasteiger partial charge on any atom is -0.481 e. The first kappa shape index (κ1) is 18.9. The highest BCUT2D eigenvalue weighted by Gasteiger charge is 2.15. The Hall–Kier alpha value is -3.40. The van der Waals surface area contributed by atoms with Crippen molar-refractivity contribution in [3.05, 3.63) is 47.2 Å². The van der Waals surface area contributed by atoms with Crippen LogP contribution in [0.2, 0.25) is 0 Å². The number of nitrogens with zero attached hydrogens (tertiary/aromatic N) is 3. The molecular formula is C19H19N3O4. The maximum atomic E-state index is 11.9. The fourth-order valence-corrected chi connectivity index (χ4v) is 2.30. The summed E-state index contributed by atoms with van der Waals surface area (Å²) < 4.78 is 6.37. The number of benzene rings is 1. The molecule has 7 heteroatoms. The van der Waals surface area contributed by atoms with Crippen LogP contribution in [-0.4, -0.2) is 33.4 Å². The molecule has 0 aliphatic heterocycles. The summed E-state index contributed by atoms with van der Waals surface area (Å²) >= 11 is 0. The molecule has 2 aromatic rings. The van der Waals surface area contributed by atoms with E-state index in [1.54, 1.807) is 13.1 Å².